The highest BCUT2D eigenvalue weighted by molar-refractivity contribution is 6.03. The first-order valence-electron chi connectivity index (χ1n) is 16.8. The molecule has 2 aromatic rings. The van der Waals surface area contributed by atoms with Crippen molar-refractivity contribution in [2.45, 2.75) is 109 Å². The number of aryl methyl sites for hydroxylation is 1. The fraction of sp³-hybridized carbons (Fsp3) is 0.556. The van der Waals surface area contributed by atoms with Crippen LogP contribution in [0.15, 0.2) is 60.7 Å². The highest BCUT2D eigenvalue weighted by Crippen LogP contribution is 2.46. The molecule has 2 fully saturated rings. The molecule has 0 bridgehead atoms. The van der Waals surface area contributed by atoms with Gasteiger partial charge in [-0.2, -0.15) is 5.06 Å². The first-order chi connectivity index (χ1) is 22.4. The number of primary amides is 1. The highest BCUT2D eigenvalue weighted by Gasteiger charge is 2.53. The van der Waals surface area contributed by atoms with Crippen LogP contribution in [0.5, 0.6) is 0 Å². The van der Waals surface area contributed by atoms with Crippen LogP contribution in [0.2, 0.25) is 0 Å². The Kier molecular flexibility index (Phi) is 12.5. The summed E-state index contributed by atoms with van der Waals surface area (Å²) in [7, 11) is 0. The Hall–Kier alpha value is -3.80. The van der Waals surface area contributed by atoms with Gasteiger partial charge in [-0.15, -0.1) is 0 Å². The smallest absolute Gasteiger partial charge is 0.408 e. The third-order valence-electron chi connectivity index (χ3n) is 9.53. The number of carbonyl (C=O) groups is 4. The van der Waals surface area contributed by atoms with Crippen LogP contribution in [0.25, 0.3) is 0 Å². The van der Waals surface area contributed by atoms with Crippen molar-refractivity contribution in [2.24, 2.45) is 29.2 Å². The van der Waals surface area contributed by atoms with Crippen LogP contribution >= 0.6 is 0 Å². The summed E-state index contributed by atoms with van der Waals surface area (Å²) in [5.74, 6) is -2.38. The lowest BCUT2D eigenvalue weighted by molar-refractivity contribution is -0.232. The number of unbranched alkanes of at least 4 members (excludes halogenated alkanes) is 1. The first-order valence-corrected chi connectivity index (χ1v) is 16.8. The molecule has 256 valence electrons. The zero-order valence-corrected chi connectivity index (χ0v) is 27.8. The molecule has 2 aliphatic rings. The molecule has 1 aliphatic heterocycles. The number of alkyl carbamates (subject to hydrolysis) is 1. The maximum absolute atomic E-state index is 14.7. The molecular formula is C36H51N5O6. The standard InChI is InChI=1S/C36H51N5O6/c1-36(2,3)40(33(43)29(22-30(37)42)39-35(45)47-23-25-17-8-5-9-18-25)34(44)31-27(20-11-10-16-24-14-6-4-7-15-24)26-19-12-13-21-28(26)32(38)41(31)46/h4-9,14-15,17-18,26-29,31-32,46H,10-13,16,19-23,38H2,1-3H3,(H2,37,42)(H,39,45)/t26-,27?,28-,29+,31-,32?/m0/s1. The summed E-state index contributed by atoms with van der Waals surface area (Å²) in [6, 6.07) is 16.7. The Labute approximate surface area is 277 Å². The lowest BCUT2D eigenvalue weighted by atomic mass is 9.64. The maximum atomic E-state index is 14.7. The number of nitrogens with two attached hydrogens (primary N) is 2. The SMILES string of the molecule is CC(C)(C)N(C(=O)[C@@H]1C(CCCCc2ccccc2)[C@@H]2CCCC[C@@H]2C(N)N1O)C(=O)[C@@H](CC(N)=O)NC(=O)OCc1ccccc1. The Morgan fingerprint density at radius 3 is 2.15 bits per heavy atom. The van der Waals surface area contributed by atoms with Crippen molar-refractivity contribution in [1.82, 2.24) is 15.3 Å². The largest absolute Gasteiger partial charge is 0.445 e. The lowest BCUT2D eigenvalue weighted by Gasteiger charge is -2.53. The van der Waals surface area contributed by atoms with E-state index in [2.05, 4.69) is 17.4 Å². The number of nitrogens with one attached hydrogen (secondary N) is 1. The number of ether oxygens (including phenoxy) is 1. The highest BCUT2D eigenvalue weighted by atomic mass is 16.5. The number of hydroxylamine groups is 2. The van der Waals surface area contributed by atoms with Crippen LogP contribution in [0.1, 0.15) is 83.3 Å². The van der Waals surface area contributed by atoms with Gasteiger partial charge in [0.05, 0.1) is 12.6 Å². The summed E-state index contributed by atoms with van der Waals surface area (Å²) in [6.45, 7) is 5.03. The molecule has 6 N–H and O–H groups in total. The summed E-state index contributed by atoms with van der Waals surface area (Å²) in [5.41, 5.74) is 13.0. The van der Waals surface area contributed by atoms with Crippen molar-refractivity contribution in [3.05, 3.63) is 71.8 Å². The quantitative estimate of drug-likeness (QED) is 0.244. The third kappa shape index (κ3) is 9.39. The third-order valence-corrected chi connectivity index (χ3v) is 9.53. The zero-order chi connectivity index (χ0) is 34.1. The number of amides is 4. The van der Waals surface area contributed by atoms with E-state index in [1.54, 1.807) is 45.0 Å². The molecule has 1 saturated carbocycles. The molecule has 2 unspecified atom stereocenters. The number of rotatable bonds is 12. The Balaban J connectivity index is 1.57. The fourth-order valence-corrected chi connectivity index (χ4v) is 7.34. The first kappa shape index (κ1) is 36.0. The van der Waals surface area contributed by atoms with Gasteiger partial charge in [-0.1, -0.05) is 79.9 Å². The maximum Gasteiger partial charge on any atom is 0.408 e. The second kappa shape index (κ2) is 16.3. The summed E-state index contributed by atoms with van der Waals surface area (Å²) < 4.78 is 5.30. The minimum absolute atomic E-state index is 0.0272. The number of imide groups is 1. The van der Waals surface area contributed by atoms with Gasteiger partial charge < -0.3 is 26.7 Å². The van der Waals surface area contributed by atoms with Crippen molar-refractivity contribution in [3.63, 3.8) is 0 Å². The minimum atomic E-state index is -1.46. The molecule has 6 atom stereocenters. The van der Waals surface area contributed by atoms with Crippen LogP contribution in [0.4, 0.5) is 4.79 Å². The van der Waals surface area contributed by atoms with E-state index in [0.29, 0.717) is 6.42 Å². The predicted molar refractivity (Wildman–Crippen MR) is 177 cm³/mol. The second-order valence-corrected chi connectivity index (χ2v) is 13.9. The van der Waals surface area contributed by atoms with E-state index in [0.717, 1.165) is 60.5 Å². The van der Waals surface area contributed by atoms with Crippen molar-refractivity contribution in [2.75, 3.05) is 0 Å². The molecule has 1 aliphatic carbocycles. The van der Waals surface area contributed by atoms with Crippen molar-refractivity contribution in [1.29, 1.82) is 0 Å². The lowest BCUT2D eigenvalue weighted by Crippen LogP contribution is -2.69. The average Bonchev–Trinajstić information content (AvgIpc) is 3.04. The molecule has 47 heavy (non-hydrogen) atoms. The minimum Gasteiger partial charge on any atom is -0.445 e. The van der Waals surface area contributed by atoms with Crippen molar-refractivity contribution < 1.29 is 29.1 Å². The normalized spacial score (nSPS) is 23.6. The fourth-order valence-electron chi connectivity index (χ4n) is 7.34. The predicted octanol–water partition coefficient (Wildman–Crippen LogP) is 4.50. The summed E-state index contributed by atoms with van der Waals surface area (Å²) >= 11 is 0. The Morgan fingerprint density at radius 2 is 1.55 bits per heavy atom. The molecule has 0 spiro atoms. The molecule has 11 heteroatoms. The van der Waals surface area contributed by atoms with Gasteiger partial charge in [0.25, 0.3) is 5.91 Å². The van der Waals surface area contributed by atoms with Gasteiger partial charge in [-0.05, 0) is 81.8 Å². The Morgan fingerprint density at radius 1 is 0.957 bits per heavy atom. The van der Waals surface area contributed by atoms with Gasteiger partial charge >= 0.3 is 6.09 Å². The van der Waals surface area contributed by atoms with E-state index in [1.165, 1.54) is 5.56 Å². The van der Waals surface area contributed by atoms with E-state index in [9.17, 15) is 24.4 Å². The molecule has 2 aromatic carbocycles. The van der Waals surface area contributed by atoms with Gasteiger partial charge in [0.2, 0.25) is 11.8 Å². The van der Waals surface area contributed by atoms with Crippen molar-refractivity contribution in [3.8, 4) is 0 Å². The second-order valence-electron chi connectivity index (χ2n) is 13.9. The van der Waals surface area contributed by atoms with Gasteiger partial charge in [-0.25, -0.2) is 4.79 Å². The van der Waals surface area contributed by atoms with E-state index in [4.69, 9.17) is 16.2 Å². The monoisotopic (exact) mass is 649 g/mol. The van der Waals surface area contributed by atoms with Gasteiger partial charge in [0.15, 0.2) is 0 Å². The van der Waals surface area contributed by atoms with Crippen LogP contribution in [0.3, 0.4) is 0 Å². The molecule has 11 nitrogen and oxygen atoms in total. The topological polar surface area (TPSA) is 168 Å². The number of fused-ring (bicyclic) bond motifs is 1. The van der Waals surface area contributed by atoms with Gasteiger partial charge in [-0.3, -0.25) is 19.3 Å². The zero-order valence-electron chi connectivity index (χ0n) is 27.8. The van der Waals surface area contributed by atoms with Gasteiger partial charge in [0.1, 0.15) is 18.7 Å². The number of benzene rings is 2. The van der Waals surface area contributed by atoms with E-state index < -0.39 is 54.0 Å². The summed E-state index contributed by atoms with van der Waals surface area (Å²) in [5, 5.41) is 15.0. The summed E-state index contributed by atoms with van der Waals surface area (Å²) in [4.78, 5) is 54.8. The number of carbonyl (C=O) groups excluding carboxylic acids is 4. The molecule has 0 radical (unpaired) electrons. The number of nitrogens with zero attached hydrogens (tertiary/aromatic N) is 2. The molecule has 4 rings (SSSR count). The average molecular weight is 650 g/mol. The van der Waals surface area contributed by atoms with Crippen LogP contribution in [-0.2, 0) is 32.1 Å². The summed E-state index contributed by atoms with van der Waals surface area (Å²) in [6.07, 6.45) is 4.85. The number of hydrogen-bond donors (Lipinski definition) is 4. The Bertz CT molecular complexity index is 1350. The van der Waals surface area contributed by atoms with Crippen molar-refractivity contribution >= 4 is 23.8 Å². The van der Waals surface area contributed by atoms with Crippen LogP contribution < -0.4 is 16.8 Å². The van der Waals surface area contributed by atoms with E-state index in [1.807, 2.05) is 24.3 Å². The molecular weight excluding hydrogens is 598 g/mol. The molecule has 4 amide bonds. The van der Waals surface area contributed by atoms with E-state index >= 15 is 0 Å². The van der Waals surface area contributed by atoms with Gasteiger partial charge in [0, 0.05) is 5.54 Å². The molecule has 1 heterocycles. The van der Waals surface area contributed by atoms with E-state index in [-0.39, 0.29) is 24.4 Å². The molecule has 1 saturated heterocycles. The van der Waals surface area contributed by atoms with Crippen LogP contribution in [-0.4, -0.2) is 62.8 Å². The number of hydrogen-bond acceptors (Lipinski definition) is 8. The van der Waals surface area contributed by atoms with Crippen LogP contribution in [0, 0.1) is 17.8 Å². The number of piperidine rings is 1. The molecule has 0 aromatic heterocycles.